The minimum atomic E-state index is -1.29. The molecule has 0 unspecified atom stereocenters. The van der Waals surface area contributed by atoms with Crippen LogP contribution in [0.4, 0.5) is 0 Å². The number of methoxy groups -OCH3 is 2. The summed E-state index contributed by atoms with van der Waals surface area (Å²) in [6.45, 7) is 0.503. The number of aromatic nitrogens is 1. The van der Waals surface area contributed by atoms with Crippen molar-refractivity contribution in [2.24, 2.45) is 0 Å². The second-order valence-electron chi connectivity index (χ2n) is 11.5. The SMILES string of the molecule is COc1ccc2cc3n(c2c1)C[C@](C(=O)NC1CCCCCCC1)(c1ccccc1)N(Cc1ccccc1OC)C3=O. The number of nitrogens with one attached hydrogen (secondary N) is 1. The minimum absolute atomic E-state index is 0.0736. The Hall–Kier alpha value is -4.26. The zero-order chi connectivity index (χ0) is 29.1. The van der Waals surface area contributed by atoms with Crippen LogP contribution in [0.15, 0.2) is 78.9 Å². The molecule has 1 aromatic heterocycles. The van der Waals surface area contributed by atoms with E-state index in [1.54, 1.807) is 19.1 Å². The molecule has 2 amide bonds. The van der Waals surface area contributed by atoms with E-state index in [1.807, 2.05) is 83.4 Å². The van der Waals surface area contributed by atoms with E-state index in [2.05, 4.69) is 5.32 Å². The van der Waals surface area contributed by atoms with Crippen molar-refractivity contribution in [2.75, 3.05) is 14.2 Å². The number of hydrogen-bond acceptors (Lipinski definition) is 4. The molecule has 1 N–H and O–H groups in total. The van der Waals surface area contributed by atoms with Crippen LogP contribution in [-0.4, -0.2) is 41.5 Å². The summed E-state index contributed by atoms with van der Waals surface area (Å²) < 4.78 is 13.2. The second kappa shape index (κ2) is 11.9. The number of hydrogen-bond donors (Lipinski definition) is 1. The standard InChI is InChI=1S/C35H39N3O4/c1-41-29-20-19-25-21-31-33(39)38(23-26-13-11-12-18-32(26)42-2)35(24-37(31)30(25)22-29,27-14-7-6-8-15-27)34(40)36-28-16-9-4-3-5-10-17-28/h6-8,11-15,18-22,28H,3-5,9-10,16-17,23-24H2,1-2H3,(H,36,40)/t35-/m1/s1. The largest absolute Gasteiger partial charge is 0.497 e. The maximum atomic E-state index is 14.9. The summed E-state index contributed by atoms with van der Waals surface area (Å²) in [5, 5.41) is 4.38. The highest BCUT2D eigenvalue weighted by molar-refractivity contribution is 6.04. The van der Waals surface area contributed by atoms with Crippen molar-refractivity contribution in [1.82, 2.24) is 14.8 Å². The molecule has 1 fully saturated rings. The van der Waals surface area contributed by atoms with Crippen LogP contribution in [0.5, 0.6) is 11.5 Å². The summed E-state index contributed by atoms with van der Waals surface area (Å²) in [5.41, 5.74) is 1.77. The van der Waals surface area contributed by atoms with Gasteiger partial charge in [-0.05, 0) is 42.7 Å². The van der Waals surface area contributed by atoms with Crippen LogP contribution >= 0.6 is 0 Å². The van der Waals surface area contributed by atoms with Gasteiger partial charge in [0.2, 0.25) is 0 Å². The Morgan fingerprint density at radius 3 is 2.33 bits per heavy atom. The number of para-hydroxylation sites is 1. The molecule has 1 atom stereocenters. The van der Waals surface area contributed by atoms with Crippen LogP contribution in [0.3, 0.4) is 0 Å². The van der Waals surface area contributed by atoms with Gasteiger partial charge in [-0.15, -0.1) is 0 Å². The van der Waals surface area contributed by atoms with Crippen LogP contribution in [0.1, 0.15) is 66.6 Å². The summed E-state index contributed by atoms with van der Waals surface area (Å²) in [7, 11) is 3.27. The van der Waals surface area contributed by atoms with Crippen molar-refractivity contribution in [3.8, 4) is 11.5 Å². The molecule has 0 bridgehead atoms. The molecule has 6 rings (SSSR count). The van der Waals surface area contributed by atoms with Crippen LogP contribution < -0.4 is 14.8 Å². The molecular formula is C35H39N3O4. The first kappa shape index (κ1) is 27.9. The molecule has 1 saturated carbocycles. The van der Waals surface area contributed by atoms with E-state index in [-0.39, 0.29) is 30.9 Å². The van der Waals surface area contributed by atoms with E-state index < -0.39 is 5.54 Å². The van der Waals surface area contributed by atoms with Crippen molar-refractivity contribution in [3.63, 3.8) is 0 Å². The zero-order valence-electron chi connectivity index (χ0n) is 24.5. The summed E-state index contributed by atoms with van der Waals surface area (Å²) in [4.78, 5) is 31.4. The normalized spacial score (nSPS) is 19.6. The number of carbonyl (C=O) groups excluding carboxylic acids is 2. The Morgan fingerprint density at radius 1 is 0.881 bits per heavy atom. The molecule has 4 aromatic rings. The third kappa shape index (κ3) is 5.02. The third-order valence-corrected chi connectivity index (χ3v) is 9.01. The first-order chi connectivity index (χ1) is 20.5. The molecule has 1 aliphatic carbocycles. The Bertz CT molecular complexity index is 1570. The Morgan fingerprint density at radius 2 is 1.60 bits per heavy atom. The molecule has 7 nitrogen and oxygen atoms in total. The first-order valence-electron chi connectivity index (χ1n) is 15.0. The Kier molecular flexibility index (Phi) is 7.92. The third-order valence-electron chi connectivity index (χ3n) is 9.01. The number of fused-ring (bicyclic) bond motifs is 3. The number of nitrogens with zero attached hydrogens (tertiary/aromatic N) is 2. The van der Waals surface area contributed by atoms with Crippen molar-refractivity contribution < 1.29 is 19.1 Å². The Balaban J connectivity index is 1.54. The van der Waals surface area contributed by atoms with Crippen molar-refractivity contribution in [3.05, 3.63) is 95.7 Å². The van der Waals surface area contributed by atoms with Gasteiger partial charge in [0.1, 0.15) is 17.2 Å². The quantitative estimate of drug-likeness (QED) is 0.280. The minimum Gasteiger partial charge on any atom is -0.497 e. The summed E-state index contributed by atoms with van der Waals surface area (Å²) in [5.74, 6) is 1.05. The van der Waals surface area contributed by atoms with Crippen LogP contribution in [-0.2, 0) is 23.4 Å². The highest BCUT2D eigenvalue weighted by Gasteiger charge is 2.53. The van der Waals surface area contributed by atoms with Crippen molar-refractivity contribution >= 4 is 22.7 Å². The van der Waals surface area contributed by atoms with Gasteiger partial charge in [0.25, 0.3) is 11.8 Å². The molecule has 1 aliphatic heterocycles. The highest BCUT2D eigenvalue weighted by atomic mass is 16.5. The summed E-state index contributed by atoms with van der Waals surface area (Å²) >= 11 is 0. The van der Waals surface area contributed by atoms with Crippen LogP contribution in [0, 0.1) is 0 Å². The topological polar surface area (TPSA) is 72.8 Å². The summed E-state index contributed by atoms with van der Waals surface area (Å²) in [6.07, 6.45) is 7.73. The highest BCUT2D eigenvalue weighted by Crippen LogP contribution is 2.41. The van der Waals surface area contributed by atoms with Gasteiger partial charge in [-0.2, -0.15) is 0 Å². The van der Waals surface area contributed by atoms with Crippen LogP contribution in [0.25, 0.3) is 10.9 Å². The van der Waals surface area contributed by atoms with Crippen LogP contribution in [0.2, 0.25) is 0 Å². The molecular weight excluding hydrogens is 526 g/mol. The molecule has 2 heterocycles. The lowest BCUT2D eigenvalue weighted by molar-refractivity contribution is -0.136. The van der Waals surface area contributed by atoms with Gasteiger partial charge >= 0.3 is 0 Å². The number of rotatable bonds is 7. The fourth-order valence-corrected chi connectivity index (χ4v) is 6.74. The molecule has 0 radical (unpaired) electrons. The molecule has 7 heteroatoms. The molecule has 0 spiro atoms. The van der Waals surface area contributed by atoms with Gasteiger partial charge in [-0.1, -0.05) is 80.6 Å². The van der Waals surface area contributed by atoms with Gasteiger partial charge in [-0.25, -0.2) is 0 Å². The lowest BCUT2D eigenvalue weighted by Gasteiger charge is -2.47. The van der Waals surface area contributed by atoms with E-state index in [1.165, 1.54) is 19.3 Å². The van der Waals surface area contributed by atoms with E-state index in [0.29, 0.717) is 17.2 Å². The maximum Gasteiger partial charge on any atom is 0.272 e. The van der Waals surface area contributed by atoms with Gasteiger partial charge in [0.05, 0.1) is 32.8 Å². The lowest BCUT2D eigenvalue weighted by Crippen LogP contribution is -2.64. The smallest absolute Gasteiger partial charge is 0.272 e. The monoisotopic (exact) mass is 565 g/mol. The van der Waals surface area contributed by atoms with Crippen molar-refractivity contribution in [2.45, 2.75) is 69.6 Å². The number of benzene rings is 3. The number of amides is 2. The van der Waals surface area contributed by atoms with E-state index in [9.17, 15) is 9.59 Å². The van der Waals surface area contributed by atoms with E-state index >= 15 is 0 Å². The van der Waals surface area contributed by atoms with Gasteiger partial charge in [-0.3, -0.25) is 9.59 Å². The van der Waals surface area contributed by atoms with Crippen molar-refractivity contribution in [1.29, 1.82) is 0 Å². The van der Waals surface area contributed by atoms with E-state index in [0.717, 1.165) is 47.7 Å². The number of carbonyl (C=O) groups is 2. The number of ether oxygens (including phenoxy) is 2. The van der Waals surface area contributed by atoms with E-state index in [4.69, 9.17) is 9.47 Å². The average Bonchev–Trinajstić information content (AvgIpc) is 3.38. The average molecular weight is 566 g/mol. The summed E-state index contributed by atoms with van der Waals surface area (Å²) in [6, 6.07) is 25.3. The molecule has 2 aliphatic rings. The maximum absolute atomic E-state index is 14.9. The van der Waals surface area contributed by atoms with Gasteiger partial charge in [0.15, 0.2) is 5.54 Å². The molecule has 42 heavy (non-hydrogen) atoms. The zero-order valence-corrected chi connectivity index (χ0v) is 24.5. The first-order valence-corrected chi connectivity index (χ1v) is 15.0. The second-order valence-corrected chi connectivity index (χ2v) is 11.5. The Labute approximate surface area is 247 Å². The van der Waals surface area contributed by atoms with Gasteiger partial charge < -0.3 is 24.3 Å². The molecule has 0 saturated heterocycles. The lowest BCUT2D eigenvalue weighted by atomic mass is 9.83. The molecule has 218 valence electrons. The predicted molar refractivity (Wildman–Crippen MR) is 164 cm³/mol. The fraction of sp³-hybridized carbons (Fsp3) is 0.371. The molecule has 3 aromatic carbocycles. The fourth-order valence-electron chi connectivity index (χ4n) is 6.74. The van der Waals surface area contributed by atoms with Gasteiger partial charge in [0, 0.05) is 23.1 Å². The predicted octanol–water partition coefficient (Wildman–Crippen LogP) is 6.44.